The van der Waals surface area contributed by atoms with Crippen LogP contribution in [0.3, 0.4) is 0 Å². The zero-order valence-electron chi connectivity index (χ0n) is 12.3. The van der Waals surface area contributed by atoms with Crippen molar-refractivity contribution in [3.05, 3.63) is 52.6 Å². The van der Waals surface area contributed by atoms with Crippen LogP contribution in [-0.2, 0) is 20.0 Å². The second-order valence-electron chi connectivity index (χ2n) is 5.10. The van der Waals surface area contributed by atoms with Gasteiger partial charge in [-0.05, 0) is 36.4 Å². The molecule has 1 aromatic heterocycles. The number of fused-ring (bicyclic) bond motifs is 1. The number of aromatic amines is 1. The van der Waals surface area contributed by atoms with Crippen molar-refractivity contribution in [2.75, 3.05) is 4.72 Å². The van der Waals surface area contributed by atoms with Crippen LogP contribution in [0.2, 0.25) is 10.0 Å². The van der Waals surface area contributed by atoms with E-state index in [4.69, 9.17) is 28.3 Å². The third-order valence-corrected chi connectivity index (χ3v) is 6.37. The number of rotatable bonds is 4. The standard InChI is InChI=1S/C14H11Cl2N3O4S2/c15-10-5-6-12(14-13(10)11(16)7-18-14)19-25(22,23)9-3-1-8(2-4-9)24(17,20)21/h1-7,18-19H,(H2,17,20,21). The van der Waals surface area contributed by atoms with Crippen molar-refractivity contribution in [2.45, 2.75) is 9.79 Å². The van der Waals surface area contributed by atoms with Gasteiger partial charge in [0.1, 0.15) is 0 Å². The number of halogens is 2. The number of anilines is 1. The minimum Gasteiger partial charge on any atom is -0.358 e. The summed E-state index contributed by atoms with van der Waals surface area (Å²) in [5.74, 6) is 0. The molecule has 3 aromatic rings. The molecule has 0 aliphatic rings. The van der Waals surface area contributed by atoms with E-state index in [1.54, 1.807) is 0 Å². The fourth-order valence-electron chi connectivity index (χ4n) is 2.27. The van der Waals surface area contributed by atoms with Gasteiger partial charge in [-0.2, -0.15) is 0 Å². The molecule has 25 heavy (non-hydrogen) atoms. The molecule has 3 rings (SSSR count). The molecular formula is C14H11Cl2N3O4S2. The molecule has 4 N–H and O–H groups in total. The summed E-state index contributed by atoms with van der Waals surface area (Å²) in [6, 6.07) is 7.55. The van der Waals surface area contributed by atoms with Crippen LogP contribution in [-0.4, -0.2) is 21.8 Å². The Morgan fingerprint density at radius 3 is 2.08 bits per heavy atom. The van der Waals surface area contributed by atoms with Gasteiger partial charge in [0.05, 0.1) is 31.0 Å². The number of H-pyrrole nitrogens is 1. The minimum atomic E-state index is -3.96. The predicted octanol–water partition coefficient (Wildman–Crippen LogP) is 2.92. The smallest absolute Gasteiger partial charge is 0.261 e. The van der Waals surface area contributed by atoms with Gasteiger partial charge in [-0.15, -0.1) is 0 Å². The van der Waals surface area contributed by atoms with Crippen LogP contribution < -0.4 is 9.86 Å². The zero-order chi connectivity index (χ0) is 18.4. The summed E-state index contributed by atoms with van der Waals surface area (Å²) in [5.41, 5.74) is 0.684. The highest BCUT2D eigenvalue weighted by atomic mass is 35.5. The highest BCUT2D eigenvalue weighted by Crippen LogP contribution is 2.35. The van der Waals surface area contributed by atoms with E-state index in [1.807, 2.05) is 0 Å². The fourth-order valence-corrected chi connectivity index (χ4v) is 4.41. The Balaban J connectivity index is 2.01. The first kappa shape index (κ1) is 18.0. The predicted molar refractivity (Wildman–Crippen MR) is 96.9 cm³/mol. The second-order valence-corrected chi connectivity index (χ2v) is 9.16. The largest absolute Gasteiger partial charge is 0.358 e. The number of aromatic nitrogens is 1. The number of hydrogen-bond acceptors (Lipinski definition) is 4. The van der Waals surface area contributed by atoms with E-state index in [1.165, 1.54) is 18.3 Å². The first-order valence-corrected chi connectivity index (χ1v) is 10.5. The Kier molecular flexibility index (Phi) is 4.46. The Hall–Kier alpha value is -1.78. The van der Waals surface area contributed by atoms with Crippen molar-refractivity contribution < 1.29 is 16.8 Å². The molecule has 7 nitrogen and oxygen atoms in total. The molecule has 132 valence electrons. The molecule has 0 radical (unpaired) electrons. The van der Waals surface area contributed by atoms with Gasteiger partial charge in [0.2, 0.25) is 10.0 Å². The summed E-state index contributed by atoms with van der Waals surface area (Å²) >= 11 is 12.1. The van der Waals surface area contributed by atoms with Crippen molar-refractivity contribution in [1.82, 2.24) is 4.98 Å². The van der Waals surface area contributed by atoms with Gasteiger partial charge in [0.15, 0.2) is 0 Å². The summed E-state index contributed by atoms with van der Waals surface area (Å²) in [5, 5.41) is 6.23. The van der Waals surface area contributed by atoms with Crippen LogP contribution >= 0.6 is 23.2 Å². The number of nitrogens with one attached hydrogen (secondary N) is 2. The number of benzene rings is 2. The zero-order valence-corrected chi connectivity index (χ0v) is 15.5. The average molecular weight is 420 g/mol. The Morgan fingerprint density at radius 2 is 1.48 bits per heavy atom. The SMILES string of the molecule is NS(=O)(=O)c1ccc(S(=O)(=O)Nc2ccc(Cl)c3c(Cl)c[nH]c23)cc1. The Bertz CT molecular complexity index is 1170. The number of hydrogen-bond donors (Lipinski definition) is 3. The van der Waals surface area contributed by atoms with Gasteiger partial charge in [0.25, 0.3) is 10.0 Å². The third-order valence-electron chi connectivity index (χ3n) is 3.44. The highest BCUT2D eigenvalue weighted by molar-refractivity contribution is 7.92. The molecule has 0 amide bonds. The molecule has 0 saturated heterocycles. The molecule has 0 saturated carbocycles. The van der Waals surface area contributed by atoms with E-state index in [0.29, 0.717) is 20.9 Å². The summed E-state index contributed by atoms with van der Waals surface area (Å²) in [6.07, 6.45) is 1.50. The monoisotopic (exact) mass is 419 g/mol. The van der Waals surface area contributed by atoms with Gasteiger partial charge in [-0.3, -0.25) is 4.72 Å². The van der Waals surface area contributed by atoms with Crippen LogP contribution in [0, 0.1) is 0 Å². The maximum atomic E-state index is 12.5. The van der Waals surface area contributed by atoms with Crippen molar-refractivity contribution in [3.8, 4) is 0 Å². The lowest BCUT2D eigenvalue weighted by Gasteiger charge is -2.10. The number of primary sulfonamides is 1. The summed E-state index contributed by atoms with van der Waals surface area (Å²) in [7, 11) is -7.87. The van der Waals surface area contributed by atoms with Crippen molar-refractivity contribution in [3.63, 3.8) is 0 Å². The van der Waals surface area contributed by atoms with Crippen LogP contribution in [0.25, 0.3) is 10.9 Å². The molecule has 0 fully saturated rings. The molecule has 0 bridgehead atoms. The van der Waals surface area contributed by atoms with Crippen LogP contribution in [0.1, 0.15) is 0 Å². The lowest BCUT2D eigenvalue weighted by atomic mass is 10.2. The molecule has 1 heterocycles. The first-order chi connectivity index (χ1) is 11.6. The minimum absolute atomic E-state index is 0.124. The van der Waals surface area contributed by atoms with Gasteiger partial charge >= 0.3 is 0 Å². The van der Waals surface area contributed by atoms with Gasteiger partial charge in [-0.1, -0.05) is 23.2 Å². The first-order valence-electron chi connectivity index (χ1n) is 6.70. The van der Waals surface area contributed by atoms with Crippen molar-refractivity contribution in [1.29, 1.82) is 0 Å². The lowest BCUT2D eigenvalue weighted by Crippen LogP contribution is -2.15. The number of nitrogens with two attached hydrogens (primary N) is 1. The maximum Gasteiger partial charge on any atom is 0.261 e. The highest BCUT2D eigenvalue weighted by Gasteiger charge is 2.19. The van der Waals surface area contributed by atoms with E-state index >= 15 is 0 Å². The second kappa shape index (κ2) is 6.19. The van der Waals surface area contributed by atoms with E-state index in [-0.39, 0.29) is 15.5 Å². The summed E-state index contributed by atoms with van der Waals surface area (Å²) in [6.45, 7) is 0. The number of sulfonamides is 2. The quantitative estimate of drug-likeness (QED) is 0.601. The lowest BCUT2D eigenvalue weighted by molar-refractivity contribution is 0.595. The molecule has 2 aromatic carbocycles. The Morgan fingerprint density at radius 1 is 0.880 bits per heavy atom. The summed E-state index contributed by atoms with van der Waals surface area (Å²) < 4.78 is 50.0. The Labute approximate surface area is 153 Å². The fraction of sp³-hybridized carbons (Fsp3) is 0. The van der Waals surface area contributed by atoms with E-state index in [9.17, 15) is 16.8 Å². The molecule has 0 spiro atoms. The van der Waals surface area contributed by atoms with Crippen LogP contribution in [0.15, 0.2) is 52.4 Å². The molecule has 11 heteroatoms. The van der Waals surface area contributed by atoms with Gasteiger partial charge in [0, 0.05) is 11.6 Å². The van der Waals surface area contributed by atoms with Gasteiger partial charge < -0.3 is 4.98 Å². The normalized spacial score (nSPS) is 12.4. The van der Waals surface area contributed by atoms with Crippen LogP contribution in [0.5, 0.6) is 0 Å². The van der Waals surface area contributed by atoms with Crippen LogP contribution in [0.4, 0.5) is 5.69 Å². The molecule has 0 unspecified atom stereocenters. The van der Waals surface area contributed by atoms with Crippen molar-refractivity contribution >= 4 is 59.8 Å². The average Bonchev–Trinajstić information content (AvgIpc) is 2.92. The third kappa shape index (κ3) is 3.46. The van der Waals surface area contributed by atoms with E-state index in [0.717, 1.165) is 24.3 Å². The summed E-state index contributed by atoms with van der Waals surface area (Å²) in [4.78, 5) is 2.55. The maximum absolute atomic E-state index is 12.5. The topological polar surface area (TPSA) is 122 Å². The van der Waals surface area contributed by atoms with E-state index in [2.05, 4.69) is 9.71 Å². The van der Waals surface area contributed by atoms with E-state index < -0.39 is 20.0 Å². The molecule has 0 aliphatic carbocycles. The molecular weight excluding hydrogens is 409 g/mol. The van der Waals surface area contributed by atoms with Crippen molar-refractivity contribution in [2.24, 2.45) is 5.14 Å². The van der Waals surface area contributed by atoms with Gasteiger partial charge in [-0.25, -0.2) is 22.0 Å². The molecule has 0 aliphatic heterocycles. The molecule has 0 atom stereocenters.